The van der Waals surface area contributed by atoms with Gasteiger partial charge in [-0.15, -0.1) is 4.48 Å². The summed E-state index contributed by atoms with van der Waals surface area (Å²) in [6.45, 7) is 0. The van der Waals surface area contributed by atoms with E-state index in [4.69, 9.17) is 0 Å². The van der Waals surface area contributed by atoms with Crippen LogP contribution in [0.1, 0.15) is 0 Å². The highest BCUT2D eigenvalue weighted by Crippen LogP contribution is 1.50. The lowest BCUT2D eigenvalue weighted by atomic mass is 11.2. The summed E-state index contributed by atoms with van der Waals surface area (Å²) >= 11 is 3.99. The summed E-state index contributed by atoms with van der Waals surface area (Å²) in [5.74, 6) is 0. The zero-order chi connectivity index (χ0) is 4.28. The standard InChI is InChI=1S/CH3FN2S/c2-4-1(3)5/h(H3,3,4,5). The van der Waals surface area contributed by atoms with Crippen molar-refractivity contribution in [1.29, 1.82) is 0 Å². The number of halogens is 1. The molecule has 0 atom stereocenters. The molecule has 0 aliphatic carbocycles. The summed E-state index contributed by atoms with van der Waals surface area (Å²) in [6.07, 6.45) is 0. The minimum absolute atomic E-state index is 0.329. The molecule has 0 aromatic carbocycles. The molecule has 0 fully saturated rings. The summed E-state index contributed by atoms with van der Waals surface area (Å²) < 4.78 is 10.6. The molecule has 0 amide bonds. The molecular formula is CH3FN2S. The van der Waals surface area contributed by atoms with Gasteiger partial charge < -0.3 is 5.73 Å². The van der Waals surface area contributed by atoms with Crippen LogP contribution in [0.4, 0.5) is 4.48 Å². The van der Waals surface area contributed by atoms with Gasteiger partial charge in [-0.25, -0.2) is 0 Å². The Balaban J connectivity index is 2.85. The molecule has 0 radical (unpaired) electrons. The van der Waals surface area contributed by atoms with Gasteiger partial charge in [0.1, 0.15) is 0 Å². The molecule has 0 aromatic heterocycles. The van der Waals surface area contributed by atoms with E-state index in [1.807, 2.05) is 0 Å². The van der Waals surface area contributed by atoms with Crippen LogP contribution >= 0.6 is 12.2 Å². The summed E-state index contributed by atoms with van der Waals surface area (Å²) in [6, 6.07) is 0. The van der Waals surface area contributed by atoms with Crippen molar-refractivity contribution >= 4 is 17.3 Å². The quantitative estimate of drug-likeness (QED) is 0.320. The molecule has 0 bridgehead atoms. The third kappa shape index (κ3) is 3.62. The van der Waals surface area contributed by atoms with Crippen molar-refractivity contribution in [2.45, 2.75) is 0 Å². The molecule has 0 aliphatic rings. The van der Waals surface area contributed by atoms with Crippen LogP contribution in [0.25, 0.3) is 0 Å². The second-order valence-corrected chi connectivity index (χ2v) is 0.899. The average Bonchev–Trinajstić information content (AvgIpc) is 1.38. The van der Waals surface area contributed by atoms with Crippen molar-refractivity contribution in [3.8, 4) is 0 Å². The van der Waals surface area contributed by atoms with E-state index in [9.17, 15) is 4.48 Å². The fourth-order valence-electron chi connectivity index (χ4n) is 0. The molecular weight excluding hydrogens is 91.1 g/mol. The highest BCUT2D eigenvalue weighted by atomic mass is 32.1. The van der Waals surface area contributed by atoms with Crippen LogP contribution in [0.15, 0.2) is 0 Å². The third-order valence-electron chi connectivity index (χ3n) is 0.0931. The van der Waals surface area contributed by atoms with Gasteiger partial charge in [-0.1, -0.05) is 0 Å². The zero-order valence-corrected chi connectivity index (χ0v) is 3.18. The van der Waals surface area contributed by atoms with E-state index in [2.05, 4.69) is 18.0 Å². The van der Waals surface area contributed by atoms with E-state index in [0.29, 0.717) is 0 Å². The van der Waals surface area contributed by atoms with Crippen LogP contribution in [0.2, 0.25) is 0 Å². The molecule has 0 aromatic rings. The first-order valence-electron chi connectivity index (χ1n) is 0.932. The lowest BCUT2D eigenvalue weighted by molar-refractivity contribution is 0.435. The highest BCUT2D eigenvalue weighted by Gasteiger charge is 1.70. The van der Waals surface area contributed by atoms with Crippen LogP contribution in [0.5, 0.6) is 0 Å². The minimum Gasteiger partial charge on any atom is -0.374 e. The van der Waals surface area contributed by atoms with E-state index >= 15 is 0 Å². The summed E-state index contributed by atoms with van der Waals surface area (Å²) in [5, 5.41) is -0.329. The number of rotatable bonds is 0. The van der Waals surface area contributed by atoms with Crippen molar-refractivity contribution in [2.75, 3.05) is 0 Å². The summed E-state index contributed by atoms with van der Waals surface area (Å²) in [4.78, 5) is 0. The maximum Gasteiger partial charge on any atom is 0.192 e. The van der Waals surface area contributed by atoms with Crippen molar-refractivity contribution in [2.24, 2.45) is 5.73 Å². The molecule has 0 spiro atoms. The molecule has 0 saturated carbocycles. The normalized spacial score (nSPS) is 6.60. The van der Waals surface area contributed by atoms with Gasteiger partial charge in [0, 0.05) is 0 Å². The molecule has 0 heterocycles. The molecule has 2 nitrogen and oxygen atoms in total. The van der Waals surface area contributed by atoms with Gasteiger partial charge >= 0.3 is 0 Å². The average molecular weight is 94.1 g/mol. The van der Waals surface area contributed by atoms with E-state index < -0.39 is 0 Å². The van der Waals surface area contributed by atoms with E-state index in [1.54, 1.807) is 0 Å². The number of nitrogens with two attached hydrogens (primary N) is 1. The van der Waals surface area contributed by atoms with Gasteiger partial charge in [0.2, 0.25) is 0 Å². The van der Waals surface area contributed by atoms with Crippen molar-refractivity contribution < 1.29 is 4.48 Å². The topological polar surface area (TPSA) is 38.0 Å². The monoisotopic (exact) mass is 94.0 g/mol. The minimum atomic E-state index is -0.329. The van der Waals surface area contributed by atoms with Gasteiger partial charge in [-0.2, -0.15) is 5.54 Å². The number of hydrogen-bond donors (Lipinski definition) is 2. The van der Waals surface area contributed by atoms with Gasteiger partial charge in [-0.3, -0.25) is 0 Å². The molecule has 0 aliphatic heterocycles. The first kappa shape index (κ1) is 4.62. The molecule has 4 heteroatoms. The van der Waals surface area contributed by atoms with Crippen molar-refractivity contribution in [3.05, 3.63) is 0 Å². The zero-order valence-electron chi connectivity index (χ0n) is 2.36. The first-order valence-corrected chi connectivity index (χ1v) is 1.34. The van der Waals surface area contributed by atoms with E-state index in [-0.39, 0.29) is 5.11 Å². The van der Waals surface area contributed by atoms with Crippen LogP contribution < -0.4 is 11.3 Å². The van der Waals surface area contributed by atoms with Crippen LogP contribution in [0.3, 0.4) is 0 Å². The molecule has 5 heavy (non-hydrogen) atoms. The predicted molar refractivity (Wildman–Crippen MR) is 21.0 cm³/mol. The van der Waals surface area contributed by atoms with Crippen LogP contribution in [-0.4, -0.2) is 5.11 Å². The van der Waals surface area contributed by atoms with Crippen LogP contribution in [0, 0.1) is 0 Å². The Bertz CT molecular complexity index is 44.9. The Hall–Kier alpha value is -0.380. The molecule has 0 unspecified atom stereocenters. The number of thiocarbonyl (C=S) groups is 1. The maximum atomic E-state index is 10.6. The maximum absolute atomic E-state index is 10.6. The Morgan fingerprint density at radius 1 is 2.00 bits per heavy atom. The van der Waals surface area contributed by atoms with Gasteiger partial charge in [0.15, 0.2) is 5.11 Å². The lowest BCUT2D eigenvalue weighted by Crippen LogP contribution is -2.20. The SMILES string of the molecule is NC(=S)NF. The Morgan fingerprint density at radius 3 is 2.20 bits per heavy atom. The molecule has 0 rings (SSSR count). The second kappa shape index (κ2) is 1.90. The summed E-state index contributed by atoms with van der Waals surface area (Å²) in [7, 11) is 0. The number of nitrogens with one attached hydrogen (secondary N) is 1. The van der Waals surface area contributed by atoms with Crippen molar-refractivity contribution in [1.82, 2.24) is 5.54 Å². The fraction of sp³-hybridized carbons (Fsp3) is 0. The predicted octanol–water partition coefficient (Wildman–Crippen LogP) is -0.296. The first-order chi connectivity index (χ1) is 2.27. The second-order valence-electron chi connectivity index (χ2n) is 0.459. The van der Waals surface area contributed by atoms with Gasteiger partial charge in [-0.05, 0) is 12.2 Å². The largest absolute Gasteiger partial charge is 0.374 e. The Labute approximate surface area is 34.1 Å². The molecule has 3 N–H and O–H groups in total. The van der Waals surface area contributed by atoms with E-state index in [1.165, 1.54) is 0 Å². The fourth-order valence-corrected chi connectivity index (χ4v) is 0. The Morgan fingerprint density at radius 2 is 2.20 bits per heavy atom. The molecule has 30 valence electrons. The lowest BCUT2D eigenvalue weighted by Gasteiger charge is -1.79. The Kier molecular flexibility index (Phi) is 1.75. The number of hydrogen-bond acceptors (Lipinski definition) is 1. The highest BCUT2D eigenvalue weighted by molar-refractivity contribution is 7.80. The van der Waals surface area contributed by atoms with Crippen LogP contribution in [-0.2, 0) is 0 Å². The third-order valence-corrected chi connectivity index (χ3v) is 0.170. The van der Waals surface area contributed by atoms with Gasteiger partial charge in [0.05, 0.1) is 0 Å². The smallest absolute Gasteiger partial charge is 0.192 e. The van der Waals surface area contributed by atoms with E-state index in [0.717, 1.165) is 5.54 Å². The molecule has 0 saturated heterocycles. The summed E-state index contributed by atoms with van der Waals surface area (Å²) in [5.41, 5.74) is 5.57. The van der Waals surface area contributed by atoms with Gasteiger partial charge in [0.25, 0.3) is 0 Å². The van der Waals surface area contributed by atoms with Crippen molar-refractivity contribution in [3.63, 3.8) is 0 Å².